The molecule has 1 fully saturated rings. The van der Waals surface area contributed by atoms with Gasteiger partial charge in [-0.3, -0.25) is 24.5 Å². The number of rotatable bonds is 7. The Hall–Kier alpha value is -3.03. The number of esters is 1. The van der Waals surface area contributed by atoms with E-state index in [2.05, 4.69) is 4.98 Å². The average Bonchev–Trinajstić information content (AvgIpc) is 3.09. The molecule has 2 aromatic rings. The van der Waals surface area contributed by atoms with Crippen molar-refractivity contribution >= 4 is 28.4 Å². The molecule has 0 radical (unpaired) electrons. The van der Waals surface area contributed by atoms with Crippen LogP contribution < -0.4 is 0 Å². The molecule has 8 nitrogen and oxygen atoms in total. The van der Waals surface area contributed by atoms with E-state index in [4.69, 9.17) is 4.74 Å². The van der Waals surface area contributed by atoms with Crippen molar-refractivity contribution in [2.75, 3.05) is 13.2 Å². The first-order chi connectivity index (χ1) is 13.3. The molecule has 0 bridgehead atoms. The number of carbonyl (C=O) groups is 3. The maximum Gasteiger partial charge on any atom is 0.306 e. The number of ether oxygens (including phenoxy) is 1. The van der Waals surface area contributed by atoms with E-state index in [1.807, 2.05) is 24.3 Å². The molecule has 1 aromatic carbocycles. The third kappa shape index (κ3) is 3.95. The van der Waals surface area contributed by atoms with Crippen LogP contribution in [-0.2, 0) is 14.3 Å². The Morgan fingerprint density at radius 3 is 2.75 bits per heavy atom. The van der Waals surface area contributed by atoms with E-state index >= 15 is 0 Å². The molecule has 1 aliphatic carbocycles. The number of para-hydroxylation sites is 1. The number of nitrogens with zero attached hydrogens (tertiary/aromatic N) is 1. The van der Waals surface area contributed by atoms with Gasteiger partial charge in [0.15, 0.2) is 6.61 Å². The van der Waals surface area contributed by atoms with Crippen molar-refractivity contribution < 1.29 is 24.0 Å². The van der Waals surface area contributed by atoms with Gasteiger partial charge in [-0.2, -0.15) is 0 Å². The molecule has 1 saturated carbocycles. The zero-order valence-electron chi connectivity index (χ0n) is 15.8. The number of nitrogens with one attached hydrogen (secondary N) is 1. The number of H-pyrrole nitrogens is 1. The number of nitro groups is 1. The predicted molar refractivity (Wildman–Crippen MR) is 101 cm³/mol. The number of benzene rings is 1. The summed E-state index contributed by atoms with van der Waals surface area (Å²) in [6, 6.07) is 7.34. The molecule has 3 rings (SSSR count). The summed E-state index contributed by atoms with van der Waals surface area (Å²) < 4.78 is 5.11. The van der Waals surface area contributed by atoms with Gasteiger partial charge in [-0.25, -0.2) is 0 Å². The number of aromatic amines is 1. The van der Waals surface area contributed by atoms with E-state index in [-0.39, 0.29) is 36.9 Å². The summed E-state index contributed by atoms with van der Waals surface area (Å²) >= 11 is 0. The van der Waals surface area contributed by atoms with Gasteiger partial charge < -0.3 is 9.72 Å². The number of aryl methyl sites for hydroxylation is 1. The summed E-state index contributed by atoms with van der Waals surface area (Å²) in [6.07, 6.45) is -0.00819. The zero-order valence-corrected chi connectivity index (χ0v) is 15.8. The van der Waals surface area contributed by atoms with Crippen molar-refractivity contribution in [1.29, 1.82) is 0 Å². The number of carbonyl (C=O) groups excluding carboxylic acids is 3. The fourth-order valence-corrected chi connectivity index (χ4v) is 4.09. The van der Waals surface area contributed by atoms with Gasteiger partial charge in [-0.05, 0) is 18.9 Å². The van der Waals surface area contributed by atoms with Crippen molar-refractivity contribution in [3.05, 3.63) is 45.6 Å². The molecule has 28 heavy (non-hydrogen) atoms. The average molecular weight is 386 g/mol. The molecular formula is C20H22N2O6. The standard InChI is InChI=1S/C20H22N2O6/c1-11-7-17(23)14(15(11)9-22(26)27)8-19(25)28-10-18(24)20-12(2)21-16-6-4-3-5-13(16)20/h3-6,11,14-15,21H,7-10H2,1-2H3/t11-,14-,15+/m1/s1. The molecule has 0 unspecified atom stereocenters. The molecular weight excluding hydrogens is 364 g/mol. The lowest BCUT2D eigenvalue weighted by Gasteiger charge is -2.16. The van der Waals surface area contributed by atoms with Crippen LogP contribution in [-0.4, -0.2) is 40.6 Å². The SMILES string of the molecule is Cc1[nH]c2ccccc2c1C(=O)COC(=O)C[C@H]1C(=O)C[C@@H](C)[C@@H]1C[N+](=O)[O-]. The lowest BCUT2D eigenvalue weighted by atomic mass is 9.88. The summed E-state index contributed by atoms with van der Waals surface area (Å²) in [5, 5.41) is 11.6. The summed E-state index contributed by atoms with van der Waals surface area (Å²) in [7, 11) is 0. The van der Waals surface area contributed by atoms with Crippen molar-refractivity contribution in [2.24, 2.45) is 17.8 Å². The van der Waals surface area contributed by atoms with Gasteiger partial charge >= 0.3 is 5.97 Å². The first kappa shape index (κ1) is 19.7. The molecule has 0 amide bonds. The lowest BCUT2D eigenvalue weighted by molar-refractivity contribution is -0.490. The molecule has 0 spiro atoms. The highest BCUT2D eigenvalue weighted by atomic mass is 16.6. The van der Waals surface area contributed by atoms with Gasteiger partial charge in [0.1, 0.15) is 5.78 Å². The number of ketones is 2. The second-order valence-corrected chi connectivity index (χ2v) is 7.39. The third-order valence-electron chi connectivity index (χ3n) is 5.47. The van der Waals surface area contributed by atoms with Crippen LogP contribution in [0.5, 0.6) is 0 Å². The Morgan fingerprint density at radius 2 is 2.04 bits per heavy atom. The fourth-order valence-electron chi connectivity index (χ4n) is 4.09. The molecule has 0 aliphatic heterocycles. The molecule has 1 heterocycles. The third-order valence-corrected chi connectivity index (χ3v) is 5.47. The van der Waals surface area contributed by atoms with Crippen LogP contribution >= 0.6 is 0 Å². The number of aromatic nitrogens is 1. The van der Waals surface area contributed by atoms with Crippen LogP contribution in [0.2, 0.25) is 0 Å². The quantitative estimate of drug-likeness (QED) is 0.338. The number of fused-ring (bicyclic) bond motifs is 1. The van der Waals surface area contributed by atoms with Gasteiger partial charge in [0.25, 0.3) is 0 Å². The molecule has 3 atom stereocenters. The van der Waals surface area contributed by atoms with Crippen LogP contribution in [0, 0.1) is 34.8 Å². The Morgan fingerprint density at radius 1 is 1.32 bits per heavy atom. The van der Waals surface area contributed by atoms with Crippen molar-refractivity contribution in [3.8, 4) is 0 Å². The first-order valence-electron chi connectivity index (χ1n) is 9.18. The smallest absolute Gasteiger partial charge is 0.306 e. The monoisotopic (exact) mass is 386 g/mol. The maximum absolute atomic E-state index is 12.6. The number of hydrogen-bond acceptors (Lipinski definition) is 6. The van der Waals surface area contributed by atoms with E-state index in [0.717, 1.165) is 10.9 Å². The molecule has 1 aromatic heterocycles. The summed E-state index contributed by atoms with van der Waals surface area (Å²) in [6.45, 7) is 2.77. The Labute approximate surface area is 161 Å². The van der Waals surface area contributed by atoms with Crippen molar-refractivity contribution in [1.82, 2.24) is 4.98 Å². The number of Topliss-reactive ketones (excluding diaryl/α,β-unsaturated/α-hetero) is 2. The predicted octanol–water partition coefficient (Wildman–Crippen LogP) is 2.71. The summed E-state index contributed by atoms with van der Waals surface area (Å²) in [5.74, 6) is -2.54. The van der Waals surface area contributed by atoms with Gasteiger partial charge in [0.05, 0.1) is 6.42 Å². The highest BCUT2D eigenvalue weighted by Gasteiger charge is 2.44. The van der Waals surface area contributed by atoms with E-state index in [1.54, 1.807) is 13.8 Å². The van der Waals surface area contributed by atoms with E-state index in [0.29, 0.717) is 11.3 Å². The minimum Gasteiger partial charge on any atom is -0.457 e. The van der Waals surface area contributed by atoms with Crippen LogP contribution in [0.3, 0.4) is 0 Å². The second kappa shape index (κ2) is 7.92. The lowest BCUT2D eigenvalue weighted by Crippen LogP contribution is -2.28. The first-order valence-corrected chi connectivity index (χ1v) is 9.18. The largest absolute Gasteiger partial charge is 0.457 e. The maximum atomic E-state index is 12.6. The fraction of sp³-hybridized carbons (Fsp3) is 0.450. The van der Waals surface area contributed by atoms with Crippen LogP contribution in [0.1, 0.15) is 35.8 Å². The normalized spacial score (nSPS) is 21.8. The zero-order chi connectivity index (χ0) is 20.4. The van der Waals surface area contributed by atoms with E-state index in [9.17, 15) is 24.5 Å². The minimum absolute atomic E-state index is 0.147. The summed E-state index contributed by atoms with van der Waals surface area (Å²) in [5.41, 5.74) is 1.98. The Kier molecular flexibility index (Phi) is 5.58. The molecule has 1 aliphatic rings. The Balaban J connectivity index is 1.63. The number of hydrogen-bond donors (Lipinski definition) is 1. The van der Waals surface area contributed by atoms with Crippen LogP contribution in [0.4, 0.5) is 0 Å². The van der Waals surface area contributed by atoms with Gasteiger partial charge in [-0.1, -0.05) is 25.1 Å². The Bertz CT molecular complexity index is 947. The van der Waals surface area contributed by atoms with Crippen molar-refractivity contribution in [2.45, 2.75) is 26.7 Å². The van der Waals surface area contributed by atoms with E-state index < -0.39 is 29.3 Å². The highest BCUT2D eigenvalue weighted by molar-refractivity contribution is 6.10. The molecule has 0 saturated heterocycles. The molecule has 148 valence electrons. The topological polar surface area (TPSA) is 119 Å². The molecule has 8 heteroatoms. The van der Waals surface area contributed by atoms with Gasteiger partial charge in [0.2, 0.25) is 12.3 Å². The summed E-state index contributed by atoms with van der Waals surface area (Å²) in [4.78, 5) is 50.4. The van der Waals surface area contributed by atoms with Crippen LogP contribution in [0.15, 0.2) is 24.3 Å². The van der Waals surface area contributed by atoms with Crippen molar-refractivity contribution in [3.63, 3.8) is 0 Å². The van der Waals surface area contributed by atoms with E-state index in [1.165, 1.54) is 0 Å². The highest BCUT2D eigenvalue weighted by Crippen LogP contribution is 2.36. The second-order valence-electron chi connectivity index (χ2n) is 7.39. The van der Waals surface area contributed by atoms with Gasteiger partial charge in [0, 0.05) is 45.3 Å². The van der Waals surface area contributed by atoms with Crippen LogP contribution in [0.25, 0.3) is 10.9 Å². The molecule has 1 N–H and O–H groups in total. The minimum atomic E-state index is -0.724. The van der Waals surface area contributed by atoms with Gasteiger partial charge in [-0.15, -0.1) is 0 Å².